The van der Waals surface area contributed by atoms with Gasteiger partial charge in [-0.1, -0.05) is 17.7 Å². The number of amides is 3. The van der Waals surface area contributed by atoms with Gasteiger partial charge in [-0.05, 0) is 25.1 Å². The van der Waals surface area contributed by atoms with Gasteiger partial charge in [0.1, 0.15) is 0 Å². The molecule has 1 aromatic carbocycles. The Bertz CT molecular complexity index is 702. The zero-order valence-corrected chi connectivity index (χ0v) is 16.2. The summed E-state index contributed by atoms with van der Waals surface area (Å²) in [6, 6.07) is 7.55. The zero-order chi connectivity index (χ0) is 19.2. The molecule has 9 heteroatoms. The van der Waals surface area contributed by atoms with E-state index in [1.807, 2.05) is 25.1 Å². The van der Waals surface area contributed by atoms with E-state index in [0.717, 1.165) is 49.4 Å². The van der Waals surface area contributed by atoms with Crippen LogP contribution in [0.25, 0.3) is 0 Å². The van der Waals surface area contributed by atoms with Crippen molar-refractivity contribution in [2.45, 2.75) is 6.92 Å². The molecule has 0 saturated carbocycles. The number of nitrogens with one attached hydrogen (secondary N) is 2. The molecule has 2 aliphatic heterocycles. The molecular weight excluding hydrogens is 368 g/mol. The van der Waals surface area contributed by atoms with Crippen molar-refractivity contribution in [2.24, 2.45) is 4.99 Å². The molecule has 2 aliphatic rings. The Balaban J connectivity index is 1.56. The van der Waals surface area contributed by atoms with Gasteiger partial charge in [0.15, 0.2) is 5.96 Å². The number of nitrogens with zero attached hydrogens (tertiary/aromatic N) is 4. The maximum atomic E-state index is 11.6. The first-order chi connectivity index (χ1) is 13.1. The highest BCUT2D eigenvalue weighted by molar-refractivity contribution is 6.30. The molecule has 0 bridgehead atoms. The number of rotatable bonds is 5. The van der Waals surface area contributed by atoms with Crippen molar-refractivity contribution in [2.75, 3.05) is 57.3 Å². The van der Waals surface area contributed by atoms with E-state index in [1.165, 1.54) is 4.90 Å². The molecule has 2 N–H and O–H groups in total. The number of hydrogen-bond acceptors (Lipinski definition) is 4. The van der Waals surface area contributed by atoms with Gasteiger partial charge in [-0.3, -0.25) is 14.7 Å². The number of piperazine rings is 1. The normalized spacial score (nSPS) is 18.1. The van der Waals surface area contributed by atoms with E-state index in [9.17, 15) is 9.59 Å². The third-order valence-corrected chi connectivity index (χ3v) is 4.84. The van der Waals surface area contributed by atoms with Crippen molar-refractivity contribution in [1.29, 1.82) is 0 Å². The monoisotopic (exact) mass is 392 g/mol. The topological polar surface area (TPSA) is 80.3 Å². The van der Waals surface area contributed by atoms with Crippen LogP contribution < -0.4 is 15.5 Å². The highest BCUT2D eigenvalue weighted by atomic mass is 35.5. The van der Waals surface area contributed by atoms with Crippen molar-refractivity contribution < 1.29 is 9.59 Å². The quantitative estimate of drug-likeness (QED) is 0.443. The molecule has 0 aromatic heterocycles. The number of guanidine groups is 1. The van der Waals surface area contributed by atoms with E-state index >= 15 is 0 Å². The van der Waals surface area contributed by atoms with Crippen LogP contribution in [0.4, 0.5) is 10.5 Å². The maximum absolute atomic E-state index is 11.6. The zero-order valence-electron chi connectivity index (χ0n) is 15.4. The summed E-state index contributed by atoms with van der Waals surface area (Å²) < 4.78 is 0. The summed E-state index contributed by atoms with van der Waals surface area (Å²) in [5.41, 5.74) is 1.13. The summed E-state index contributed by atoms with van der Waals surface area (Å²) in [7, 11) is 0. The van der Waals surface area contributed by atoms with Gasteiger partial charge in [-0.25, -0.2) is 4.79 Å². The molecular formula is C18H25ClN6O2. The first-order valence-corrected chi connectivity index (χ1v) is 9.58. The third-order valence-electron chi connectivity index (χ3n) is 4.61. The van der Waals surface area contributed by atoms with Gasteiger partial charge in [-0.2, -0.15) is 0 Å². The lowest BCUT2D eigenvalue weighted by Gasteiger charge is -2.37. The van der Waals surface area contributed by atoms with Gasteiger partial charge in [0.05, 0.1) is 19.6 Å². The van der Waals surface area contributed by atoms with Crippen LogP contribution in [-0.2, 0) is 4.79 Å². The Morgan fingerprint density at radius 2 is 2.04 bits per heavy atom. The van der Waals surface area contributed by atoms with Gasteiger partial charge in [0.2, 0.25) is 5.91 Å². The number of anilines is 1. The lowest BCUT2D eigenvalue weighted by Crippen LogP contribution is -2.52. The van der Waals surface area contributed by atoms with Crippen molar-refractivity contribution in [1.82, 2.24) is 20.4 Å². The molecule has 2 saturated heterocycles. The predicted molar refractivity (Wildman–Crippen MR) is 106 cm³/mol. The van der Waals surface area contributed by atoms with Crippen LogP contribution in [0.1, 0.15) is 6.92 Å². The van der Waals surface area contributed by atoms with Crippen LogP contribution in [0.15, 0.2) is 29.3 Å². The smallest absolute Gasteiger partial charge is 0.324 e. The standard InChI is InChI=1S/C18H25ClN6O2/c1-2-20-17(21-6-7-25-16(26)13-22-18(25)27)24-10-8-23(9-11-24)15-5-3-4-14(19)12-15/h3-5,12H,2,6-11,13H2,1H3,(H,20,21)(H,22,27). The van der Waals surface area contributed by atoms with E-state index in [-0.39, 0.29) is 18.5 Å². The molecule has 0 unspecified atom stereocenters. The molecule has 3 rings (SSSR count). The second-order valence-corrected chi connectivity index (χ2v) is 6.83. The minimum absolute atomic E-state index is 0.0775. The maximum Gasteiger partial charge on any atom is 0.324 e. The summed E-state index contributed by atoms with van der Waals surface area (Å²) in [5, 5.41) is 6.56. The Kier molecular flexibility index (Phi) is 6.39. The molecule has 0 spiro atoms. The molecule has 2 heterocycles. The Morgan fingerprint density at radius 3 is 2.67 bits per heavy atom. The summed E-state index contributed by atoms with van der Waals surface area (Å²) in [4.78, 5) is 33.5. The molecule has 146 valence electrons. The Morgan fingerprint density at radius 1 is 1.26 bits per heavy atom. The molecule has 1 aromatic rings. The minimum Gasteiger partial charge on any atom is -0.368 e. The summed E-state index contributed by atoms with van der Waals surface area (Å²) in [6.45, 7) is 6.95. The SMILES string of the molecule is CCNC(=NCCN1C(=O)CNC1=O)N1CCN(c2cccc(Cl)c2)CC1. The van der Waals surface area contributed by atoms with E-state index < -0.39 is 0 Å². The minimum atomic E-state index is -0.338. The van der Waals surface area contributed by atoms with E-state index in [1.54, 1.807) is 0 Å². The van der Waals surface area contributed by atoms with Gasteiger partial charge in [0.25, 0.3) is 0 Å². The molecule has 0 aliphatic carbocycles. The fraction of sp³-hybridized carbons (Fsp3) is 0.500. The number of carbonyl (C=O) groups excluding carboxylic acids is 2. The van der Waals surface area contributed by atoms with Gasteiger partial charge >= 0.3 is 6.03 Å². The lowest BCUT2D eigenvalue weighted by atomic mass is 10.2. The van der Waals surface area contributed by atoms with Crippen LogP contribution in [0.2, 0.25) is 5.02 Å². The van der Waals surface area contributed by atoms with Crippen LogP contribution >= 0.6 is 11.6 Å². The van der Waals surface area contributed by atoms with Crippen LogP contribution in [0.3, 0.4) is 0 Å². The van der Waals surface area contributed by atoms with E-state index in [0.29, 0.717) is 13.1 Å². The van der Waals surface area contributed by atoms with Crippen molar-refractivity contribution >= 4 is 35.2 Å². The van der Waals surface area contributed by atoms with Gasteiger partial charge < -0.3 is 20.4 Å². The Hall–Kier alpha value is -2.48. The van der Waals surface area contributed by atoms with Crippen LogP contribution in [0.5, 0.6) is 0 Å². The number of hydrogen-bond donors (Lipinski definition) is 2. The third kappa shape index (κ3) is 4.82. The molecule has 0 radical (unpaired) electrons. The summed E-state index contributed by atoms with van der Waals surface area (Å²) in [6.07, 6.45) is 0. The van der Waals surface area contributed by atoms with Crippen molar-refractivity contribution in [3.05, 3.63) is 29.3 Å². The summed E-state index contributed by atoms with van der Waals surface area (Å²) >= 11 is 6.09. The first kappa shape index (κ1) is 19.3. The van der Waals surface area contributed by atoms with E-state index in [2.05, 4.69) is 31.5 Å². The second kappa shape index (κ2) is 8.94. The highest BCUT2D eigenvalue weighted by Crippen LogP contribution is 2.20. The molecule has 2 fully saturated rings. The number of urea groups is 1. The van der Waals surface area contributed by atoms with Crippen LogP contribution in [0, 0.1) is 0 Å². The molecule has 8 nitrogen and oxygen atoms in total. The average molecular weight is 393 g/mol. The predicted octanol–water partition coefficient (Wildman–Crippen LogP) is 0.979. The molecule has 0 atom stereocenters. The van der Waals surface area contributed by atoms with Crippen LogP contribution in [-0.4, -0.2) is 80.1 Å². The Labute approximate surface area is 164 Å². The average Bonchev–Trinajstić information content (AvgIpc) is 2.99. The highest BCUT2D eigenvalue weighted by Gasteiger charge is 2.27. The second-order valence-electron chi connectivity index (χ2n) is 6.39. The van der Waals surface area contributed by atoms with Gasteiger partial charge in [-0.15, -0.1) is 0 Å². The van der Waals surface area contributed by atoms with Crippen molar-refractivity contribution in [3.63, 3.8) is 0 Å². The number of imide groups is 1. The first-order valence-electron chi connectivity index (χ1n) is 9.20. The van der Waals surface area contributed by atoms with Gasteiger partial charge in [0, 0.05) is 43.4 Å². The van der Waals surface area contributed by atoms with Crippen molar-refractivity contribution in [3.8, 4) is 0 Å². The number of halogens is 1. The molecule has 3 amide bonds. The van der Waals surface area contributed by atoms with E-state index in [4.69, 9.17) is 11.6 Å². The number of benzene rings is 1. The fourth-order valence-electron chi connectivity index (χ4n) is 3.21. The largest absolute Gasteiger partial charge is 0.368 e. The number of aliphatic imine (C=N–C) groups is 1. The lowest BCUT2D eigenvalue weighted by molar-refractivity contribution is -0.124. The number of carbonyl (C=O) groups is 2. The molecule has 27 heavy (non-hydrogen) atoms. The fourth-order valence-corrected chi connectivity index (χ4v) is 3.40. The summed E-state index contributed by atoms with van der Waals surface area (Å²) in [5.74, 6) is 0.616.